The molecule has 4 nitrogen and oxygen atoms in total. The molecule has 0 aromatic carbocycles. The van der Waals surface area contributed by atoms with Crippen LogP contribution < -0.4 is 5.32 Å². The molecule has 1 aromatic heterocycles. The number of hydrogen-bond acceptors (Lipinski definition) is 3. The highest BCUT2D eigenvalue weighted by Gasteiger charge is 2.16. The maximum absolute atomic E-state index is 8.57. The summed E-state index contributed by atoms with van der Waals surface area (Å²) < 4.78 is 1.83. The van der Waals surface area contributed by atoms with Gasteiger partial charge < -0.3 is 5.32 Å². The van der Waals surface area contributed by atoms with Gasteiger partial charge in [-0.15, -0.1) is 0 Å². The van der Waals surface area contributed by atoms with Gasteiger partial charge in [0.15, 0.2) is 0 Å². The Morgan fingerprint density at radius 1 is 1.53 bits per heavy atom. The minimum Gasteiger partial charge on any atom is -0.316 e. The van der Waals surface area contributed by atoms with E-state index >= 15 is 0 Å². The first kappa shape index (κ1) is 13.7. The number of nitriles is 1. The lowest BCUT2D eigenvalue weighted by molar-refractivity contribution is 0.319. The molecule has 1 heterocycles. The molecule has 94 valence electrons. The lowest BCUT2D eigenvalue weighted by Crippen LogP contribution is -2.30. The van der Waals surface area contributed by atoms with Crippen LogP contribution >= 0.6 is 0 Å². The Labute approximate surface area is 104 Å². The number of aryl methyl sites for hydroxylation is 1. The van der Waals surface area contributed by atoms with Crippen LogP contribution in [0.1, 0.15) is 32.4 Å². The van der Waals surface area contributed by atoms with E-state index in [1.54, 1.807) is 0 Å². The molecule has 0 aliphatic rings. The number of aromatic nitrogens is 2. The van der Waals surface area contributed by atoms with Gasteiger partial charge in [0, 0.05) is 39.2 Å². The Bertz CT molecular complexity index is 373. The molecular formula is C13H22N4. The van der Waals surface area contributed by atoms with E-state index in [9.17, 15) is 0 Å². The van der Waals surface area contributed by atoms with E-state index in [1.807, 2.05) is 24.0 Å². The first-order valence-corrected chi connectivity index (χ1v) is 6.10. The zero-order valence-corrected chi connectivity index (χ0v) is 11.0. The van der Waals surface area contributed by atoms with Crippen molar-refractivity contribution in [3.8, 4) is 6.07 Å². The van der Waals surface area contributed by atoms with E-state index in [0.29, 0.717) is 6.42 Å². The summed E-state index contributed by atoms with van der Waals surface area (Å²) >= 11 is 0. The Morgan fingerprint density at radius 2 is 2.29 bits per heavy atom. The van der Waals surface area contributed by atoms with Gasteiger partial charge in [0.1, 0.15) is 0 Å². The van der Waals surface area contributed by atoms with Gasteiger partial charge in [-0.05, 0) is 17.9 Å². The van der Waals surface area contributed by atoms with Crippen molar-refractivity contribution in [3.05, 3.63) is 18.0 Å². The van der Waals surface area contributed by atoms with Gasteiger partial charge >= 0.3 is 0 Å². The van der Waals surface area contributed by atoms with Gasteiger partial charge in [-0.3, -0.25) is 4.68 Å². The maximum atomic E-state index is 8.57. The van der Waals surface area contributed by atoms with Crippen molar-refractivity contribution >= 4 is 0 Å². The third-order valence-corrected chi connectivity index (χ3v) is 2.84. The third kappa shape index (κ3) is 5.50. The van der Waals surface area contributed by atoms with E-state index in [4.69, 9.17) is 5.26 Å². The summed E-state index contributed by atoms with van der Waals surface area (Å²) in [7, 11) is 1.93. The van der Waals surface area contributed by atoms with Crippen molar-refractivity contribution in [1.29, 1.82) is 5.26 Å². The number of rotatable bonds is 7. The summed E-state index contributed by atoms with van der Waals surface area (Å²) in [4.78, 5) is 0. The fourth-order valence-corrected chi connectivity index (χ4v) is 1.72. The average molecular weight is 234 g/mol. The van der Waals surface area contributed by atoms with Crippen LogP contribution in [-0.4, -0.2) is 22.9 Å². The minimum atomic E-state index is 0.194. The van der Waals surface area contributed by atoms with Gasteiger partial charge in [0.05, 0.1) is 11.8 Å². The second-order valence-corrected chi connectivity index (χ2v) is 5.23. The van der Waals surface area contributed by atoms with Crippen LogP contribution in [0.3, 0.4) is 0 Å². The maximum Gasteiger partial charge on any atom is 0.0637 e. The second-order valence-electron chi connectivity index (χ2n) is 5.23. The topological polar surface area (TPSA) is 53.6 Å². The number of nitrogens with one attached hydrogen (secondary N) is 1. The van der Waals surface area contributed by atoms with Gasteiger partial charge in [0.25, 0.3) is 0 Å². The van der Waals surface area contributed by atoms with Crippen LogP contribution in [-0.2, 0) is 13.5 Å². The van der Waals surface area contributed by atoms with Gasteiger partial charge in [-0.2, -0.15) is 10.4 Å². The molecule has 1 N–H and O–H groups in total. The standard InChI is InChI=1S/C13H22N4/c1-13(2,7-4-8-14)11-15-9-5-12-6-10-17(3)16-12/h6,10,15H,4-5,7,9,11H2,1-3H3. The zero-order chi connectivity index (χ0) is 12.7. The largest absolute Gasteiger partial charge is 0.316 e. The van der Waals surface area contributed by atoms with Crippen molar-refractivity contribution in [2.24, 2.45) is 12.5 Å². The van der Waals surface area contributed by atoms with Crippen molar-refractivity contribution in [2.45, 2.75) is 33.1 Å². The van der Waals surface area contributed by atoms with Crippen LogP contribution in [0.4, 0.5) is 0 Å². The molecule has 0 bridgehead atoms. The normalized spacial score (nSPS) is 11.4. The monoisotopic (exact) mass is 234 g/mol. The van der Waals surface area contributed by atoms with Crippen LogP contribution in [0.15, 0.2) is 12.3 Å². The van der Waals surface area contributed by atoms with E-state index in [0.717, 1.165) is 31.6 Å². The molecule has 0 aliphatic heterocycles. The Hall–Kier alpha value is -1.34. The molecule has 1 aromatic rings. The Balaban J connectivity index is 2.17. The van der Waals surface area contributed by atoms with Gasteiger partial charge in [-0.25, -0.2) is 0 Å². The molecule has 0 saturated carbocycles. The molecule has 1 rings (SSSR count). The predicted octanol–water partition coefficient (Wildman–Crippen LogP) is 1.88. The fraction of sp³-hybridized carbons (Fsp3) is 0.692. The third-order valence-electron chi connectivity index (χ3n) is 2.84. The summed E-state index contributed by atoms with van der Waals surface area (Å²) in [5.41, 5.74) is 1.31. The second kappa shape index (κ2) is 6.41. The van der Waals surface area contributed by atoms with E-state index in [2.05, 4.69) is 30.3 Å². The smallest absolute Gasteiger partial charge is 0.0637 e. The Morgan fingerprint density at radius 3 is 2.88 bits per heavy atom. The summed E-state index contributed by atoms with van der Waals surface area (Å²) in [6.45, 7) is 6.27. The van der Waals surface area contributed by atoms with Crippen molar-refractivity contribution in [1.82, 2.24) is 15.1 Å². The summed E-state index contributed by atoms with van der Waals surface area (Å²) in [5, 5.41) is 16.3. The van der Waals surface area contributed by atoms with Gasteiger partial charge in [0.2, 0.25) is 0 Å². The summed E-state index contributed by atoms with van der Waals surface area (Å²) in [5.74, 6) is 0. The number of nitrogens with zero attached hydrogens (tertiary/aromatic N) is 3. The average Bonchev–Trinajstić information content (AvgIpc) is 2.68. The number of hydrogen-bond donors (Lipinski definition) is 1. The van der Waals surface area contributed by atoms with E-state index < -0.39 is 0 Å². The molecule has 0 atom stereocenters. The molecule has 0 fully saturated rings. The lowest BCUT2D eigenvalue weighted by atomic mass is 9.88. The highest BCUT2D eigenvalue weighted by Crippen LogP contribution is 2.20. The van der Waals surface area contributed by atoms with Crippen LogP contribution in [0.25, 0.3) is 0 Å². The molecule has 0 radical (unpaired) electrons. The molecular weight excluding hydrogens is 212 g/mol. The highest BCUT2D eigenvalue weighted by molar-refractivity contribution is 4.99. The molecule has 0 amide bonds. The van der Waals surface area contributed by atoms with Crippen molar-refractivity contribution < 1.29 is 0 Å². The molecule has 0 spiro atoms. The first-order chi connectivity index (χ1) is 8.03. The Kier molecular flexibility index (Phi) is 5.17. The van der Waals surface area contributed by atoms with Crippen molar-refractivity contribution in [3.63, 3.8) is 0 Å². The molecule has 17 heavy (non-hydrogen) atoms. The fourth-order valence-electron chi connectivity index (χ4n) is 1.72. The summed E-state index contributed by atoms with van der Waals surface area (Å²) in [6, 6.07) is 4.25. The van der Waals surface area contributed by atoms with Crippen LogP contribution in [0.2, 0.25) is 0 Å². The zero-order valence-electron chi connectivity index (χ0n) is 11.0. The minimum absolute atomic E-state index is 0.194. The molecule has 0 saturated heterocycles. The molecule has 4 heteroatoms. The highest BCUT2D eigenvalue weighted by atomic mass is 15.2. The molecule has 0 aliphatic carbocycles. The van der Waals surface area contributed by atoms with Gasteiger partial charge in [-0.1, -0.05) is 13.8 Å². The van der Waals surface area contributed by atoms with Crippen molar-refractivity contribution in [2.75, 3.05) is 13.1 Å². The van der Waals surface area contributed by atoms with E-state index in [1.165, 1.54) is 0 Å². The van der Waals surface area contributed by atoms with Crippen LogP contribution in [0, 0.1) is 16.7 Å². The predicted molar refractivity (Wildman–Crippen MR) is 68.4 cm³/mol. The van der Waals surface area contributed by atoms with E-state index in [-0.39, 0.29) is 5.41 Å². The quantitative estimate of drug-likeness (QED) is 0.733. The lowest BCUT2D eigenvalue weighted by Gasteiger charge is -2.23. The SMILES string of the molecule is Cn1ccc(CCNCC(C)(C)CCC#N)n1. The van der Waals surface area contributed by atoms with Crippen LogP contribution in [0.5, 0.6) is 0 Å². The first-order valence-electron chi connectivity index (χ1n) is 6.10. The summed E-state index contributed by atoms with van der Waals surface area (Å²) in [6.07, 6.45) is 4.50. The molecule has 0 unspecified atom stereocenters.